The molecule has 0 saturated carbocycles. The van der Waals surface area contributed by atoms with E-state index in [-0.39, 0.29) is 5.57 Å². The average Bonchev–Trinajstić information content (AvgIpc) is 3.09. The van der Waals surface area contributed by atoms with Crippen molar-refractivity contribution in [1.29, 1.82) is 10.5 Å². The third-order valence-corrected chi connectivity index (χ3v) is 3.04. The molecular weight excluding hydrogens is 242 g/mol. The minimum Gasteiger partial charge on any atom is -0.449 e. The Labute approximate surface area is 112 Å². The van der Waals surface area contributed by atoms with Crippen LogP contribution in [-0.2, 0) is 0 Å². The Morgan fingerprint density at radius 3 is 2.95 bits per heavy atom. The molecule has 1 fully saturated rings. The molecule has 6 heteroatoms. The molecular formula is C13H15N5O. The van der Waals surface area contributed by atoms with Gasteiger partial charge in [0.1, 0.15) is 18.0 Å². The van der Waals surface area contributed by atoms with Gasteiger partial charge in [0.25, 0.3) is 0 Å². The first-order chi connectivity index (χ1) is 9.26. The van der Waals surface area contributed by atoms with Crippen molar-refractivity contribution in [3.63, 3.8) is 0 Å². The molecule has 1 saturated heterocycles. The lowest BCUT2D eigenvalue weighted by Crippen LogP contribution is -2.31. The summed E-state index contributed by atoms with van der Waals surface area (Å²) in [5.74, 6) is 1.44. The van der Waals surface area contributed by atoms with E-state index in [1.165, 1.54) is 0 Å². The normalized spacial score (nSPS) is 13.6. The summed E-state index contributed by atoms with van der Waals surface area (Å²) in [4.78, 5) is 4.01. The maximum absolute atomic E-state index is 8.91. The Kier molecular flexibility index (Phi) is 3.94. The Balaban J connectivity index is 1.98. The van der Waals surface area contributed by atoms with Crippen molar-refractivity contribution in [3.05, 3.63) is 29.8 Å². The molecule has 0 radical (unpaired) electrons. The molecule has 0 atom stereocenters. The lowest BCUT2D eigenvalue weighted by Gasteiger charge is -2.23. The lowest BCUT2D eigenvalue weighted by atomic mass is 10.3. The number of furan rings is 1. The van der Waals surface area contributed by atoms with Crippen molar-refractivity contribution in [2.75, 3.05) is 38.1 Å². The molecule has 2 rings (SSSR count). The maximum Gasteiger partial charge on any atom is 0.194 e. The second kappa shape index (κ2) is 5.83. The molecule has 6 nitrogen and oxygen atoms in total. The maximum atomic E-state index is 8.91. The Morgan fingerprint density at radius 1 is 1.53 bits per heavy atom. The van der Waals surface area contributed by atoms with Gasteiger partial charge in [-0.15, -0.1) is 0 Å². The number of nitrogens with zero attached hydrogens (tertiary/aromatic N) is 4. The largest absolute Gasteiger partial charge is 0.449 e. The molecule has 19 heavy (non-hydrogen) atoms. The van der Waals surface area contributed by atoms with E-state index in [9.17, 15) is 0 Å². The van der Waals surface area contributed by atoms with Gasteiger partial charge < -0.3 is 19.5 Å². The molecule has 0 unspecified atom stereocenters. The fourth-order valence-corrected chi connectivity index (χ4v) is 2.00. The molecule has 0 spiro atoms. The first-order valence-corrected chi connectivity index (χ1v) is 6.04. The molecule has 0 aliphatic carbocycles. The summed E-state index contributed by atoms with van der Waals surface area (Å²) in [6.07, 6.45) is 1.64. The molecule has 1 aromatic heterocycles. The Hall–Kier alpha value is -2.60. The smallest absolute Gasteiger partial charge is 0.194 e. The number of anilines is 1. The summed E-state index contributed by atoms with van der Waals surface area (Å²) in [5, 5.41) is 20.9. The van der Waals surface area contributed by atoms with E-state index in [1.807, 2.05) is 41.1 Å². The van der Waals surface area contributed by atoms with E-state index in [4.69, 9.17) is 14.9 Å². The Morgan fingerprint density at radius 2 is 2.32 bits per heavy atom. The zero-order valence-corrected chi connectivity index (χ0v) is 10.8. The summed E-state index contributed by atoms with van der Waals surface area (Å²) < 4.78 is 5.30. The molecule has 1 N–H and O–H groups in total. The molecule has 0 aromatic carbocycles. The van der Waals surface area contributed by atoms with Crippen molar-refractivity contribution < 1.29 is 4.42 Å². The first-order valence-electron chi connectivity index (χ1n) is 6.04. The van der Waals surface area contributed by atoms with Crippen LogP contribution in [-0.4, -0.2) is 38.1 Å². The molecule has 1 aliphatic rings. The SMILES string of the molecule is CN(CCN1CCNC1=C(C#N)C#N)c1ccco1. The predicted octanol–water partition coefficient (Wildman–Crippen LogP) is 0.880. The second-order valence-electron chi connectivity index (χ2n) is 4.23. The summed E-state index contributed by atoms with van der Waals surface area (Å²) in [6, 6.07) is 7.59. The highest BCUT2D eigenvalue weighted by Gasteiger charge is 2.20. The van der Waals surface area contributed by atoms with E-state index in [1.54, 1.807) is 6.26 Å². The van der Waals surface area contributed by atoms with Crippen LogP contribution in [0.4, 0.5) is 5.88 Å². The van der Waals surface area contributed by atoms with Crippen LogP contribution in [0.3, 0.4) is 0 Å². The van der Waals surface area contributed by atoms with E-state index in [2.05, 4.69) is 5.32 Å². The monoisotopic (exact) mass is 257 g/mol. The summed E-state index contributed by atoms with van der Waals surface area (Å²) >= 11 is 0. The van der Waals surface area contributed by atoms with Gasteiger partial charge in [0.15, 0.2) is 11.5 Å². The number of nitriles is 2. The zero-order chi connectivity index (χ0) is 13.7. The highest BCUT2D eigenvalue weighted by atomic mass is 16.3. The fourth-order valence-electron chi connectivity index (χ4n) is 2.00. The van der Waals surface area contributed by atoms with Gasteiger partial charge in [-0.1, -0.05) is 0 Å². The quantitative estimate of drug-likeness (QED) is 0.807. The lowest BCUT2D eigenvalue weighted by molar-refractivity contribution is 0.397. The van der Waals surface area contributed by atoms with Crippen LogP contribution in [0.25, 0.3) is 0 Å². The van der Waals surface area contributed by atoms with Gasteiger partial charge in [-0.05, 0) is 6.07 Å². The number of hydrogen-bond acceptors (Lipinski definition) is 6. The zero-order valence-electron chi connectivity index (χ0n) is 10.8. The van der Waals surface area contributed by atoms with Crippen LogP contribution in [0.15, 0.2) is 34.2 Å². The van der Waals surface area contributed by atoms with Gasteiger partial charge in [-0.25, -0.2) is 0 Å². The fraction of sp³-hybridized carbons (Fsp3) is 0.385. The third-order valence-electron chi connectivity index (χ3n) is 3.04. The van der Waals surface area contributed by atoms with Crippen molar-refractivity contribution in [1.82, 2.24) is 10.2 Å². The van der Waals surface area contributed by atoms with E-state index in [0.29, 0.717) is 5.82 Å². The molecule has 98 valence electrons. The molecule has 1 aliphatic heterocycles. The number of nitrogens with one attached hydrogen (secondary N) is 1. The minimum absolute atomic E-state index is 0.137. The van der Waals surface area contributed by atoms with Gasteiger partial charge in [0.2, 0.25) is 0 Å². The van der Waals surface area contributed by atoms with Crippen LogP contribution in [0.2, 0.25) is 0 Å². The van der Waals surface area contributed by atoms with Gasteiger partial charge >= 0.3 is 0 Å². The van der Waals surface area contributed by atoms with Crippen molar-refractivity contribution >= 4 is 5.88 Å². The van der Waals surface area contributed by atoms with Gasteiger partial charge in [0.05, 0.1) is 6.26 Å². The topological polar surface area (TPSA) is 79.2 Å². The van der Waals surface area contributed by atoms with Crippen LogP contribution in [0.5, 0.6) is 0 Å². The van der Waals surface area contributed by atoms with Gasteiger partial charge in [-0.3, -0.25) is 0 Å². The van der Waals surface area contributed by atoms with Crippen LogP contribution < -0.4 is 10.2 Å². The summed E-state index contributed by atoms with van der Waals surface area (Å²) in [6.45, 7) is 3.04. The summed E-state index contributed by atoms with van der Waals surface area (Å²) in [5.41, 5.74) is 0.137. The van der Waals surface area contributed by atoms with Gasteiger partial charge in [-0.2, -0.15) is 10.5 Å². The van der Waals surface area contributed by atoms with Crippen LogP contribution >= 0.6 is 0 Å². The van der Waals surface area contributed by atoms with Crippen molar-refractivity contribution in [2.45, 2.75) is 0 Å². The number of rotatable bonds is 4. The van der Waals surface area contributed by atoms with Crippen molar-refractivity contribution in [2.24, 2.45) is 0 Å². The molecule has 1 aromatic rings. The average molecular weight is 257 g/mol. The number of likely N-dealkylation sites (N-methyl/N-ethyl adjacent to an activating group) is 1. The van der Waals surface area contributed by atoms with Crippen LogP contribution in [0.1, 0.15) is 0 Å². The van der Waals surface area contributed by atoms with Gasteiger partial charge in [0, 0.05) is 39.3 Å². The molecule has 0 bridgehead atoms. The Bertz CT molecular complexity index is 518. The number of allylic oxidation sites excluding steroid dienone is 1. The standard InChI is InChI=1S/C13H15N5O/c1-17(12-3-2-8-19-12)6-7-18-5-4-16-13(18)11(9-14)10-15/h2-3,8,16H,4-7H2,1H3. The minimum atomic E-state index is 0.137. The highest BCUT2D eigenvalue weighted by molar-refractivity contribution is 5.40. The van der Waals surface area contributed by atoms with E-state index in [0.717, 1.165) is 32.1 Å². The number of hydrogen-bond donors (Lipinski definition) is 1. The first kappa shape index (κ1) is 12.8. The van der Waals surface area contributed by atoms with Crippen molar-refractivity contribution in [3.8, 4) is 12.1 Å². The third kappa shape index (κ3) is 2.80. The molecule has 0 amide bonds. The second-order valence-corrected chi connectivity index (χ2v) is 4.23. The van der Waals surface area contributed by atoms with E-state index < -0.39 is 0 Å². The summed E-state index contributed by atoms with van der Waals surface area (Å²) in [7, 11) is 1.95. The molecule has 2 heterocycles. The highest BCUT2D eigenvalue weighted by Crippen LogP contribution is 2.15. The van der Waals surface area contributed by atoms with Crippen LogP contribution in [0, 0.1) is 22.7 Å². The van der Waals surface area contributed by atoms with E-state index >= 15 is 0 Å². The predicted molar refractivity (Wildman–Crippen MR) is 69.8 cm³/mol.